The van der Waals surface area contributed by atoms with Crippen LogP contribution in [-0.2, 0) is 4.74 Å². The van der Waals surface area contributed by atoms with Crippen LogP contribution in [0.1, 0.15) is 40.0 Å². The molecule has 114 valence electrons. The highest BCUT2D eigenvalue weighted by atomic mass is 16.6. The van der Waals surface area contributed by atoms with Crippen LogP contribution in [0.4, 0.5) is 4.79 Å². The van der Waals surface area contributed by atoms with Crippen LogP contribution in [0.15, 0.2) is 0 Å². The third kappa shape index (κ3) is 5.81. The van der Waals surface area contributed by atoms with E-state index < -0.39 is 11.7 Å². The number of amides is 1. The number of carbonyl (C=O) groups excluding carboxylic acids is 1. The number of likely N-dealkylation sites (tertiary alicyclic amines) is 1. The predicted octanol–water partition coefficient (Wildman–Crippen LogP) is 1.36. The molecule has 20 heavy (non-hydrogen) atoms. The molecule has 1 aliphatic rings. The van der Waals surface area contributed by atoms with Crippen LogP contribution in [0.3, 0.4) is 0 Å². The number of unbranched alkanes of at least 4 members (excludes halogenated alkanes) is 1. The molecule has 0 saturated carbocycles. The van der Waals surface area contributed by atoms with Crippen molar-refractivity contribution in [3.63, 3.8) is 0 Å². The van der Waals surface area contributed by atoms with Crippen LogP contribution in [0.2, 0.25) is 0 Å². The number of carbonyl (C=O) groups is 1. The van der Waals surface area contributed by atoms with Gasteiger partial charge in [0.2, 0.25) is 0 Å². The summed E-state index contributed by atoms with van der Waals surface area (Å²) in [4.78, 5) is 13.7. The summed E-state index contributed by atoms with van der Waals surface area (Å²) in [6.45, 7) is 7.27. The molecule has 1 rings (SSSR count). The Labute approximate surface area is 121 Å². The molecule has 0 aromatic heterocycles. The number of ether oxygens (including phenoxy) is 1. The first-order chi connectivity index (χ1) is 9.33. The van der Waals surface area contributed by atoms with E-state index in [1.165, 1.54) is 0 Å². The Balaban J connectivity index is 2.44. The van der Waals surface area contributed by atoms with Gasteiger partial charge < -0.3 is 20.1 Å². The molecule has 0 bridgehead atoms. The smallest absolute Gasteiger partial charge is 0.410 e. The molecule has 0 unspecified atom stereocenters. The zero-order valence-electron chi connectivity index (χ0n) is 12.7. The van der Waals surface area contributed by atoms with Gasteiger partial charge in [0.15, 0.2) is 0 Å². The van der Waals surface area contributed by atoms with E-state index in [-0.39, 0.29) is 12.1 Å². The fourth-order valence-corrected chi connectivity index (χ4v) is 2.11. The summed E-state index contributed by atoms with van der Waals surface area (Å²) in [5, 5.41) is 13.2. The van der Waals surface area contributed by atoms with Crippen molar-refractivity contribution in [1.82, 2.24) is 10.2 Å². The SMILES string of the molecule is C#CCCCN[C@H]1CN(C(=O)OC(C)(C)C)CC[C@H]1O. The minimum Gasteiger partial charge on any atom is -0.444 e. The van der Waals surface area contributed by atoms with Gasteiger partial charge in [-0.25, -0.2) is 4.79 Å². The van der Waals surface area contributed by atoms with E-state index in [0.717, 1.165) is 13.0 Å². The van der Waals surface area contributed by atoms with Crippen LogP contribution >= 0.6 is 0 Å². The Morgan fingerprint density at radius 3 is 2.85 bits per heavy atom. The largest absolute Gasteiger partial charge is 0.444 e. The van der Waals surface area contributed by atoms with Crippen molar-refractivity contribution in [3.05, 3.63) is 0 Å². The first kappa shape index (κ1) is 16.8. The molecule has 2 atom stereocenters. The van der Waals surface area contributed by atoms with Gasteiger partial charge in [-0.05, 0) is 40.2 Å². The normalized spacial score (nSPS) is 23.2. The Morgan fingerprint density at radius 2 is 2.25 bits per heavy atom. The van der Waals surface area contributed by atoms with Crippen LogP contribution in [0, 0.1) is 12.3 Å². The number of piperidine rings is 1. The monoisotopic (exact) mass is 282 g/mol. The molecule has 1 heterocycles. The van der Waals surface area contributed by atoms with E-state index in [9.17, 15) is 9.90 Å². The summed E-state index contributed by atoms with van der Waals surface area (Å²) >= 11 is 0. The number of hydrogen-bond donors (Lipinski definition) is 2. The van der Waals surface area contributed by atoms with Gasteiger partial charge in [0.25, 0.3) is 0 Å². The molecule has 5 nitrogen and oxygen atoms in total. The molecule has 1 saturated heterocycles. The fourth-order valence-electron chi connectivity index (χ4n) is 2.11. The standard InChI is InChI=1S/C15H26N2O3/c1-5-6-7-9-16-12-11-17(10-8-13(12)18)14(19)20-15(2,3)4/h1,12-13,16,18H,6-11H2,2-4H3/t12-,13+/m0/s1. The maximum atomic E-state index is 12.0. The van der Waals surface area contributed by atoms with Crippen molar-refractivity contribution >= 4 is 6.09 Å². The first-order valence-corrected chi connectivity index (χ1v) is 7.16. The molecule has 0 aromatic carbocycles. The van der Waals surface area contributed by atoms with Crippen molar-refractivity contribution in [2.75, 3.05) is 19.6 Å². The minimum absolute atomic E-state index is 0.117. The van der Waals surface area contributed by atoms with Crippen LogP contribution < -0.4 is 5.32 Å². The highest BCUT2D eigenvalue weighted by Gasteiger charge is 2.32. The van der Waals surface area contributed by atoms with Gasteiger partial charge in [-0.2, -0.15) is 0 Å². The summed E-state index contributed by atoms with van der Waals surface area (Å²) in [6.07, 6.45) is 6.59. The molecule has 0 aliphatic carbocycles. The lowest BCUT2D eigenvalue weighted by molar-refractivity contribution is 0.000432. The Kier molecular flexibility index (Phi) is 6.31. The molecule has 5 heteroatoms. The summed E-state index contributed by atoms with van der Waals surface area (Å²) in [5.41, 5.74) is -0.497. The molecule has 2 N–H and O–H groups in total. The Morgan fingerprint density at radius 1 is 1.55 bits per heavy atom. The van der Waals surface area contributed by atoms with Gasteiger partial charge in [0.05, 0.1) is 12.1 Å². The van der Waals surface area contributed by atoms with E-state index in [4.69, 9.17) is 11.2 Å². The van der Waals surface area contributed by atoms with Crippen molar-refractivity contribution in [2.45, 2.75) is 57.8 Å². The average molecular weight is 282 g/mol. The zero-order chi connectivity index (χ0) is 15.2. The summed E-state index contributed by atoms with van der Waals surface area (Å²) in [5.74, 6) is 2.58. The third-order valence-electron chi connectivity index (χ3n) is 3.13. The highest BCUT2D eigenvalue weighted by Crippen LogP contribution is 2.16. The first-order valence-electron chi connectivity index (χ1n) is 7.16. The van der Waals surface area contributed by atoms with Crippen LogP contribution in [0.5, 0.6) is 0 Å². The average Bonchev–Trinajstić information content (AvgIpc) is 2.34. The quantitative estimate of drug-likeness (QED) is 0.604. The van der Waals surface area contributed by atoms with Gasteiger partial charge >= 0.3 is 6.09 Å². The number of nitrogens with zero attached hydrogens (tertiary/aromatic N) is 1. The second kappa shape index (κ2) is 7.51. The zero-order valence-corrected chi connectivity index (χ0v) is 12.7. The second-order valence-corrected chi connectivity index (χ2v) is 6.15. The van der Waals surface area contributed by atoms with Crippen LogP contribution in [-0.4, -0.2) is 53.5 Å². The van der Waals surface area contributed by atoms with E-state index in [2.05, 4.69) is 11.2 Å². The number of aliphatic hydroxyl groups excluding tert-OH is 1. The van der Waals surface area contributed by atoms with Crippen molar-refractivity contribution in [3.8, 4) is 12.3 Å². The number of hydrogen-bond acceptors (Lipinski definition) is 4. The molecular formula is C15H26N2O3. The van der Waals surface area contributed by atoms with Gasteiger partial charge in [-0.1, -0.05) is 0 Å². The topological polar surface area (TPSA) is 61.8 Å². The van der Waals surface area contributed by atoms with Gasteiger partial charge in [0.1, 0.15) is 5.60 Å². The molecule has 1 aliphatic heterocycles. The summed E-state index contributed by atoms with van der Waals surface area (Å²) in [7, 11) is 0. The molecule has 0 aromatic rings. The van der Waals surface area contributed by atoms with Gasteiger partial charge in [-0.15, -0.1) is 12.3 Å². The summed E-state index contributed by atoms with van der Waals surface area (Å²) in [6, 6.07) is -0.117. The number of terminal acetylenes is 1. The lowest BCUT2D eigenvalue weighted by atomic mass is 10.0. The fraction of sp³-hybridized carbons (Fsp3) is 0.800. The molecule has 0 radical (unpaired) electrons. The molecule has 1 fully saturated rings. The van der Waals surface area contributed by atoms with E-state index in [1.54, 1.807) is 4.90 Å². The van der Waals surface area contributed by atoms with Crippen molar-refractivity contribution in [2.24, 2.45) is 0 Å². The Bertz CT molecular complexity index is 357. The Hall–Kier alpha value is -1.25. The minimum atomic E-state index is -0.497. The highest BCUT2D eigenvalue weighted by molar-refractivity contribution is 5.68. The molecule has 1 amide bonds. The van der Waals surface area contributed by atoms with E-state index in [0.29, 0.717) is 25.9 Å². The van der Waals surface area contributed by atoms with Crippen LogP contribution in [0.25, 0.3) is 0 Å². The number of rotatable bonds is 4. The van der Waals surface area contributed by atoms with E-state index in [1.807, 2.05) is 20.8 Å². The third-order valence-corrected chi connectivity index (χ3v) is 3.13. The second-order valence-electron chi connectivity index (χ2n) is 6.15. The molecule has 0 spiro atoms. The number of aliphatic hydroxyl groups is 1. The predicted molar refractivity (Wildman–Crippen MR) is 78.3 cm³/mol. The van der Waals surface area contributed by atoms with Crippen molar-refractivity contribution < 1.29 is 14.6 Å². The maximum Gasteiger partial charge on any atom is 0.410 e. The summed E-state index contributed by atoms with van der Waals surface area (Å²) < 4.78 is 5.35. The lowest BCUT2D eigenvalue weighted by Crippen LogP contribution is -2.55. The van der Waals surface area contributed by atoms with Gasteiger partial charge in [0, 0.05) is 19.5 Å². The maximum absolute atomic E-state index is 12.0. The van der Waals surface area contributed by atoms with Crippen molar-refractivity contribution in [1.29, 1.82) is 0 Å². The number of nitrogens with one attached hydrogen (secondary N) is 1. The molecular weight excluding hydrogens is 256 g/mol. The lowest BCUT2D eigenvalue weighted by Gasteiger charge is -2.37. The van der Waals surface area contributed by atoms with Gasteiger partial charge in [-0.3, -0.25) is 0 Å². The van der Waals surface area contributed by atoms with E-state index >= 15 is 0 Å².